The molecule has 0 unspecified atom stereocenters. The van der Waals surface area contributed by atoms with E-state index in [-0.39, 0.29) is 5.91 Å². The zero-order valence-electron chi connectivity index (χ0n) is 15.2. The van der Waals surface area contributed by atoms with Crippen LogP contribution >= 0.6 is 0 Å². The lowest BCUT2D eigenvalue weighted by atomic mass is 9.90. The normalized spacial score (nSPS) is 28.6. The summed E-state index contributed by atoms with van der Waals surface area (Å²) in [6.07, 6.45) is 3.99. The average molecular weight is 344 g/mol. The number of nitrogens with zero attached hydrogens (tertiary/aromatic N) is 2. The minimum absolute atomic E-state index is 0.123. The lowest BCUT2D eigenvalue weighted by Gasteiger charge is -2.33. The number of methoxy groups -OCH3 is 1. The summed E-state index contributed by atoms with van der Waals surface area (Å²) in [5.74, 6) is 2.76. The van der Waals surface area contributed by atoms with E-state index in [1.807, 2.05) is 25.1 Å². The molecule has 4 rings (SSSR count). The number of likely N-dealkylation sites (tertiary alicyclic amines) is 1. The molecule has 1 amide bonds. The molecule has 25 heavy (non-hydrogen) atoms. The molecule has 3 aliphatic heterocycles. The summed E-state index contributed by atoms with van der Waals surface area (Å²) < 4.78 is 10.9. The minimum atomic E-state index is 0.123. The molecule has 0 aliphatic carbocycles. The Kier molecular flexibility index (Phi) is 4.59. The van der Waals surface area contributed by atoms with Crippen molar-refractivity contribution in [3.05, 3.63) is 23.8 Å². The largest absolute Gasteiger partial charge is 0.493 e. The Morgan fingerprint density at radius 3 is 2.88 bits per heavy atom. The molecule has 3 fully saturated rings. The van der Waals surface area contributed by atoms with E-state index in [4.69, 9.17) is 9.47 Å². The average Bonchev–Trinajstić information content (AvgIpc) is 3.19. The maximum atomic E-state index is 13.0. The predicted octanol–water partition coefficient (Wildman–Crippen LogP) is 2.65. The number of fused-ring (bicyclic) bond motifs is 3. The second kappa shape index (κ2) is 6.87. The van der Waals surface area contributed by atoms with Crippen molar-refractivity contribution in [3.8, 4) is 11.5 Å². The monoisotopic (exact) mass is 344 g/mol. The fourth-order valence-corrected chi connectivity index (χ4v) is 4.98. The molecule has 1 aromatic carbocycles. The highest BCUT2D eigenvalue weighted by atomic mass is 16.5. The second-order valence-corrected chi connectivity index (χ2v) is 7.49. The standard InChI is InChI=1S/C20H28N2O3/c1-3-25-18-8-7-14(10-19(18)24-2)20(23)22-12-15-11-21-9-5-4-6-17(21)16(15)13-22/h7-8,10,15-17H,3-6,9,11-13H2,1-2H3/t15-,16-,17-/m0/s1. The number of amides is 1. The van der Waals surface area contributed by atoms with Gasteiger partial charge in [-0.15, -0.1) is 0 Å². The number of ether oxygens (including phenoxy) is 2. The van der Waals surface area contributed by atoms with Gasteiger partial charge in [0.1, 0.15) is 0 Å². The molecular formula is C20H28N2O3. The maximum absolute atomic E-state index is 13.0. The van der Waals surface area contributed by atoms with Crippen LogP contribution in [0.2, 0.25) is 0 Å². The number of hydrogen-bond donors (Lipinski definition) is 0. The van der Waals surface area contributed by atoms with Crippen molar-refractivity contribution in [2.24, 2.45) is 11.8 Å². The van der Waals surface area contributed by atoms with E-state index in [1.54, 1.807) is 7.11 Å². The number of hydrogen-bond acceptors (Lipinski definition) is 4. The van der Waals surface area contributed by atoms with E-state index in [9.17, 15) is 4.79 Å². The van der Waals surface area contributed by atoms with Gasteiger partial charge in [0.15, 0.2) is 11.5 Å². The zero-order chi connectivity index (χ0) is 17.4. The zero-order valence-corrected chi connectivity index (χ0v) is 15.2. The highest BCUT2D eigenvalue weighted by Crippen LogP contribution is 2.41. The fraction of sp³-hybridized carbons (Fsp3) is 0.650. The van der Waals surface area contributed by atoms with Crippen molar-refractivity contribution in [2.75, 3.05) is 39.9 Å². The van der Waals surface area contributed by atoms with Crippen LogP contribution in [0, 0.1) is 11.8 Å². The molecule has 0 bridgehead atoms. The third kappa shape index (κ3) is 2.99. The summed E-state index contributed by atoms with van der Waals surface area (Å²) in [7, 11) is 1.62. The van der Waals surface area contributed by atoms with E-state index in [2.05, 4.69) is 9.80 Å². The first-order chi connectivity index (χ1) is 12.2. The number of piperidine rings is 1. The lowest BCUT2D eigenvalue weighted by molar-refractivity contribution is 0.0753. The summed E-state index contributed by atoms with van der Waals surface area (Å²) in [5.41, 5.74) is 0.695. The van der Waals surface area contributed by atoms with Gasteiger partial charge in [-0.3, -0.25) is 9.69 Å². The minimum Gasteiger partial charge on any atom is -0.493 e. The molecule has 136 valence electrons. The van der Waals surface area contributed by atoms with Crippen molar-refractivity contribution in [2.45, 2.75) is 32.2 Å². The fourth-order valence-electron chi connectivity index (χ4n) is 4.98. The van der Waals surface area contributed by atoms with Gasteiger partial charge in [-0.05, 0) is 56.3 Å². The Morgan fingerprint density at radius 1 is 1.20 bits per heavy atom. The van der Waals surface area contributed by atoms with E-state index < -0.39 is 0 Å². The van der Waals surface area contributed by atoms with Crippen LogP contribution in [0.1, 0.15) is 36.5 Å². The highest BCUT2D eigenvalue weighted by molar-refractivity contribution is 5.95. The van der Waals surface area contributed by atoms with Crippen LogP contribution in [-0.2, 0) is 0 Å². The molecular weight excluding hydrogens is 316 g/mol. The van der Waals surface area contributed by atoms with E-state index in [0.29, 0.717) is 41.5 Å². The molecule has 0 N–H and O–H groups in total. The van der Waals surface area contributed by atoms with Crippen LogP contribution in [0.4, 0.5) is 0 Å². The topological polar surface area (TPSA) is 42.0 Å². The van der Waals surface area contributed by atoms with Gasteiger partial charge in [0.25, 0.3) is 5.91 Å². The van der Waals surface area contributed by atoms with Gasteiger partial charge >= 0.3 is 0 Å². The van der Waals surface area contributed by atoms with Crippen LogP contribution in [0.5, 0.6) is 11.5 Å². The smallest absolute Gasteiger partial charge is 0.254 e. The Labute approximate surface area is 149 Å². The third-order valence-corrected chi connectivity index (χ3v) is 6.12. The predicted molar refractivity (Wildman–Crippen MR) is 96.3 cm³/mol. The van der Waals surface area contributed by atoms with Crippen molar-refractivity contribution in [3.63, 3.8) is 0 Å². The first kappa shape index (κ1) is 16.7. The first-order valence-corrected chi connectivity index (χ1v) is 9.55. The van der Waals surface area contributed by atoms with Gasteiger partial charge in [0, 0.05) is 31.2 Å². The molecule has 0 spiro atoms. The van der Waals surface area contributed by atoms with Gasteiger partial charge < -0.3 is 14.4 Å². The number of rotatable bonds is 4. The molecule has 5 nitrogen and oxygen atoms in total. The van der Waals surface area contributed by atoms with Gasteiger partial charge in [-0.25, -0.2) is 0 Å². The number of carbonyl (C=O) groups excluding carboxylic acids is 1. The van der Waals surface area contributed by atoms with Gasteiger partial charge in [-0.2, -0.15) is 0 Å². The Hall–Kier alpha value is -1.75. The highest BCUT2D eigenvalue weighted by Gasteiger charge is 2.48. The maximum Gasteiger partial charge on any atom is 0.254 e. The van der Waals surface area contributed by atoms with E-state index in [1.165, 1.54) is 32.4 Å². The molecule has 3 atom stereocenters. The summed E-state index contributed by atoms with van der Waals surface area (Å²) in [5, 5.41) is 0. The molecule has 5 heteroatoms. The summed E-state index contributed by atoms with van der Waals surface area (Å²) in [4.78, 5) is 17.7. The van der Waals surface area contributed by atoms with Crippen LogP contribution in [0.15, 0.2) is 18.2 Å². The van der Waals surface area contributed by atoms with Crippen LogP contribution in [0.3, 0.4) is 0 Å². The first-order valence-electron chi connectivity index (χ1n) is 9.55. The summed E-state index contributed by atoms with van der Waals surface area (Å²) in [6, 6.07) is 6.21. The second-order valence-electron chi connectivity index (χ2n) is 7.49. The molecule has 0 radical (unpaired) electrons. The van der Waals surface area contributed by atoms with Crippen LogP contribution < -0.4 is 9.47 Å². The number of benzene rings is 1. The van der Waals surface area contributed by atoms with Gasteiger partial charge in [0.05, 0.1) is 13.7 Å². The Bertz CT molecular complexity index is 648. The van der Waals surface area contributed by atoms with Crippen LogP contribution in [0.25, 0.3) is 0 Å². The molecule has 0 saturated carbocycles. The van der Waals surface area contributed by atoms with Crippen LogP contribution in [-0.4, -0.2) is 61.6 Å². The van der Waals surface area contributed by atoms with E-state index >= 15 is 0 Å². The van der Waals surface area contributed by atoms with Crippen molar-refractivity contribution >= 4 is 5.91 Å². The molecule has 3 aliphatic rings. The lowest BCUT2D eigenvalue weighted by Crippen LogP contribution is -2.40. The summed E-state index contributed by atoms with van der Waals surface area (Å²) in [6.45, 7) is 6.74. The molecule has 3 saturated heterocycles. The van der Waals surface area contributed by atoms with Gasteiger partial charge in [0.2, 0.25) is 0 Å². The van der Waals surface area contributed by atoms with Crippen molar-refractivity contribution in [1.82, 2.24) is 9.80 Å². The molecule has 3 heterocycles. The third-order valence-electron chi connectivity index (χ3n) is 6.12. The Balaban J connectivity index is 1.47. The quantitative estimate of drug-likeness (QED) is 0.842. The SMILES string of the molecule is CCOc1ccc(C(=O)N2C[C@@H]3CN4CCCC[C@H]4[C@H]3C2)cc1OC. The Morgan fingerprint density at radius 2 is 2.08 bits per heavy atom. The van der Waals surface area contributed by atoms with Gasteiger partial charge in [-0.1, -0.05) is 6.42 Å². The molecule has 1 aromatic rings. The van der Waals surface area contributed by atoms with Crippen molar-refractivity contribution in [1.29, 1.82) is 0 Å². The molecule has 0 aromatic heterocycles. The van der Waals surface area contributed by atoms with Crippen molar-refractivity contribution < 1.29 is 14.3 Å². The number of carbonyl (C=O) groups is 1. The van der Waals surface area contributed by atoms with E-state index in [0.717, 1.165) is 13.1 Å². The summed E-state index contributed by atoms with van der Waals surface area (Å²) >= 11 is 0.